The number of fused-ring (bicyclic) bond motifs is 1. The summed E-state index contributed by atoms with van der Waals surface area (Å²) in [5.41, 5.74) is 0.146. The molecule has 0 saturated heterocycles. The van der Waals surface area contributed by atoms with Crippen molar-refractivity contribution in [1.82, 2.24) is 4.90 Å². The molecule has 5 nitrogen and oxygen atoms in total. The van der Waals surface area contributed by atoms with Crippen molar-refractivity contribution >= 4 is 17.8 Å². The van der Waals surface area contributed by atoms with Gasteiger partial charge in [0, 0.05) is 0 Å². The van der Waals surface area contributed by atoms with Crippen LogP contribution in [0.3, 0.4) is 0 Å². The Morgan fingerprint density at radius 3 is 2.00 bits per heavy atom. The highest BCUT2D eigenvalue weighted by Crippen LogP contribution is 2.25. The van der Waals surface area contributed by atoms with Gasteiger partial charge in [0.15, 0.2) is 0 Å². The van der Waals surface area contributed by atoms with E-state index in [0.29, 0.717) is 4.90 Å². The van der Waals surface area contributed by atoms with Gasteiger partial charge in [-0.15, -0.1) is 0 Å². The normalized spacial score (nSPS) is 15.1. The van der Waals surface area contributed by atoms with Gasteiger partial charge in [0.2, 0.25) is 0 Å². The van der Waals surface area contributed by atoms with Crippen LogP contribution in [0.15, 0.2) is 36.0 Å². The fourth-order valence-electron chi connectivity index (χ4n) is 1.76. The number of carboxylic acids is 1. The van der Waals surface area contributed by atoms with Gasteiger partial charge in [-0.2, -0.15) is 0 Å². The number of benzene rings is 1. The minimum absolute atomic E-state index is 0.234. The zero-order valence-electron chi connectivity index (χ0n) is 9.01. The smallest absolute Gasteiger partial charge is 0.352 e. The molecule has 1 heterocycles. The third kappa shape index (κ3) is 1.52. The molecule has 0 fully saturated rings. The lowest BCUT2D eigenvalue weighted by Crippen LogP contribution is -2.32. The first kappa shape index (κ1) is 11.1. The van der Waals surface area contributed by atoms with Crippen LogP contribution in [-0.2, 0) is 4.79 Å². The average molecular weight is 231 g/mol. The Balaban J connectivity index is 2.54. The summed E-state index contributed by atoms with van der Waals surface area (Å²) in [5, 5.41) is 8.93. The van der Waals surface area contributed by atoms with Crippen molar-refractivity contribution in [2.75, 3.05) is 0 Å². The minimum atomic E-state index is -1.30. The van der Waals surface area contributed by atoms with Crippen molar-refractivity contribution < 1.29 is 19.5 Å². The summed E-state index contributed by atoms with van der Waals surface area (Å²) in [7, 11) is 0. The van der Waals surface area contributed by atoms with Crippen LogP contribution >= 0.6 is 0 Å². The van der Waals surface area contributed by atoms with E-state index in [1.54, 1.807) is 12.1 Å². The largest absolute Gasteiger partial charge is 0.477 e. The van der Waals surface area contributed by atoms with Gasteiger partial charge in [0.1, 0.15) is 5.70 Å². The fraction of sp³-hybridized carbons (Fsp3) is 0.0833. The molecule has 0 unspecified atom stereocenters. The topological polar surface area (TPSA) is 74.7 Å². The molecule has 0 spiro atoms. The first-order valence-electron chi connectivity index (χ1n) is 4.95. The molecule has 2 amide bonds. The van der Waals surface area contributed by atoms with E-state index < -0.39 is 17.8 Å². The van der Waals surface area contributed by atoms with Gasteiger partial charge in [-0.1, -0.05) is 18.2 Å². The summed E-state index contributed by atoms with van der Waals surface area (Å²) in [6.45, 7) is 1.47. The van der Waals surface area contributed by atoms with Gasteiger partial charge < -0.3 is 5.11 Å². The van der Waals surface area contributed by atoms with Crippen LogP contribution in [0.4, 0.5) is 0 Å². The van der Waals surface area contributed by atoms with Crippen molar-refractivity contribution in [3.8, 4) is 0 Å². The highest BCUT2D eigenvalue weighted by atomic mass is 16.4. The highest BCUT2D eigenvalue weighted by Gasteiger charge is 2.39. The number of aliphatic carboxylic acids is 1. The molecule has 0 saturated carbocycles. The van der Waals surface area contributed by atoms with E-state index in [1.807, 2.05) is 0 Å². The predicted octanol–water partition coefficient (Wildman–Crippen LogP) is 1.27. The molecule has 1 N–H and O–H groups in total. The van der Waals surface area contributed by atoms with E-state index in [9.17, 15) is 14.4 Å². The van der Waals surface area contributed by atoms with Gasteiger partial charge >= 0.3 is 5.97 Å². The van der Waals surface area contributed by atoms with E-state index in [0.717, 1.165) is 0 Å². The number of allylic oxidation sites excluding steroid dienone is 1. The van der Waals surface area contributed by atoms with Crippen LogP contribution < -0.4 is 0 Å². The molecule has 0 atom stereocenters. The molecule has 0 bridgehead atoms. The number of rotatable bonds is 2. The number of carboxylic acid groups (broad SMARTS) is 1. The van der Waals surface area contributed by atoms with Gasteiger partial charge in [0.25, 0.3) is 11.8 Å². The summed E-state index contributed by atoms with van der Waals surface area (Å²) in [4.78, 5) is 35.5. The highest BCUT2D eigenvalue weighted by molar-refractivity contribution is 6.24. The van der Waals surface area contributed by atoms with Gasteiger partial charge in [0.05, 0.1) is 11.1 Å². The van der Waals surface area contributed by atoms with Crippen molar-refractivity contribution in [1.29, 1.82) is 0 Å². The Bertz CT molecular complexity index is 524. The molecule has 1 aliphatic heterocycles. The number of amides is 2. The number of carbonyl (C=O) groups excluding carboxylic acids is 2. The van der Waals surface area contributed by atoms with Crippen LogP contribution in [0, 0.1) is 0 Å². The molecule has 5 heteroatoms. The Labute approximate surface area is 97.0 Å². The Kier molecular flexibility index (Phi) is 2.51. The predicted molar refractivity (Wildman–Crippen MR) is 58.3 cm³/mol. The molecule has 86 valence electrons. The lowest BCUT2D eigenvalue weighted by atomic mass is 10.1. The van der Waals surface area contributed by atoms with Crippen LogP contribution in [0.5, 0.6) is 0 Å². The van der Waals surface area contributed by atoms with Crippen molar-refractivity contribution in [3.05, 3.63) is 47.2 Å². The summed E-state index contributed by atoms with van der Waals surface area (Å²) >= 11 is 0. The first-order chi connectivity index (χ1) is 8.07. The van der Waals surface area contributed by atoms with Crippen LogP contribution in [0.25, 0.3) is 0 Å². The summed E-state index contributed by atoms with van der Waals surface area (Å²) < 4.78 is 0. The molecule has 0 radical (unpaired) electrons. The minimum Gasteiger partial charge on any atom is -0.477 e. The Morgan fingerprint density at radius 2 is 1.65 bits per heavy atom. The van der Waals surface area contributed by atoms with E-state index in [1.165, 1.54) is 25.1 Å². The van der Waals surface area contributed by atoms with Crippen LogP contribution in [0.2, 0.25) is 0 Å². The van der Waals surface area contributed by atoms with Gasteiger partial charge in [-0.3, -0.25) is 9.59 Å². The van der Waals surface area contributed by atoms with Crippen LogP contribution in [-0.4, -0.2) is 27.8 Å². The number of nitrogens with zero attached hydrogens (tertiary/aromatic N) is 1. The summed E-state index contributed by atoms with van der Waals surface area (Å²) in [5.74, 6) is -2.50. The monoisotopic (exact) mass is 231 g/mol. The second kappa shape index (κ2) is 3.86. The maximum atomic E-state index is 11.9. The number of carbonyl (C=O) groups is 3. The average Bonchev–Trinajstić information content (AvgIpc) is 2.56. The third-order valence-corrected chi connectivity index (χ3v) is 2.53. The Morgan fingerprint density at radius 1 is 1.18 bits per heavy atom. The van der Waals surface area contributed by atoms with E-state index in [2.05, 4.69) is 0 Å². The van der Waals surface area contributed by atoms with E-state index >= 15 is 0 Å². The van der Waals surface area contributed by atoms with E-state index in [-0.39, 0.29) is 16.8 Å². The number of hydrogen-bond acceptors (Lipinski definition) is 3. The van der Waals surface area contributed by atoms with Gasteiger partial charge in [-0.25, -0.2) is 9.69 Å². The molecule has 0 aliphatic carbocycles. The second-order valence-corrected chi connectivity index (χ2v) is 3.47. The molecule has 2 rings (SSSR count). The zero-order valence-corrected chi connectivity index (χ0v) is 9.01. The third-order valence-electron chi connectivity index (χ3n) is 2.53. The maximum Gasteiger partial charge on any atom is 0.352 e. The SMILES string of the molecule is C/C=C(/C(=O)O)N1C(=O)c2ccccc2C1=O. The summed E-state index contributed by atoms with van der Waals surface area (Å²) in [6, 6.07) is 6.27. The van der Waals surface area contributed by atoms with Gasteiger partial charge in [-0.05, 0) is 19.1 Å². The first-order valence-corrected chi connectivity index (χ1v) is 4.95. The van der Waals surface area contributed by atoms with Crippen LogP contribution in [0.1, 0.15) is 27.6 Å². The molecular weight excluding hydrogens is 222 g/mol. The molecule has 17 heavy (non-hydrogen) atoms. The lowest BCUT2D eigenvalue weighted by molar-refractivity contribution is -0.133. The molecule has 1 aromatic carbocycles. The molecular formula is C12H9NO4. The summed E-state index contributed by atoms with van der Waals surface area (Å²) in [6.07, 6.45) is 1.23. The number of imide groups is 1. The van der Waals surface area contributed by atoms with Crippen molar-refractivity contribution in [3.63, 3.8) is 0 Å². The Hall–Kier alpha value is -2.43. The lowest BCUT2D eigenvalue weighted by Gasteiger charge is -2.13. The number of hydrogen-bond donors (Lipinski definition) is 1. The van der Waals surface area contributed by atoms with E-state index in [4.69, 9.17) is 5.11 Å². The maximum absolute atomic E-state index is 11.9. The quantitative estimate of drug-likeness (QED) is 0.614. The van der Waals surface area contributed by atoms with Crippen molar-refractivity contribution in [2.45, 2.75) is 6.92 Å². The van der Waals surface area contributed by atoms with Crippen molar-refractivity contribution in [2.24, 2.45) is 0 Å². The fourth-order valence-corrected chi connectivity index (χ4v) is 1.76. The molecule has 0 aromatic heterocycles. The zero-order chi connectivity index (χ0) is 12.6. The molecule has 1 aliphatic rings. The standard InChI is InChI=1S/C12H9NO4/c1-2-9(12(16)17)13-10(14)7-5-3-4-6-8(7)11(13)15/h2-6H,1H3,(H,16,17)/b9-2-. The second-order valence-electron chi connectivity index (χ2n) is 3.47. The molecule has 1 aromatic rings.